The van der Waals surface area contributed by atoms with Crippen LogP contribution in [0.1, 0.15) is 66.9 Å². The number of carbonyl (C=O) groups is 1. The number of para-hydroxylation sites is 1. The molecule has 9 nitrogen and oxygen atoms in total. The molecule has 53 heavy (non-hydrogen) atoms. The highest BCUT2D eigenvalue weighted by Crippen LogP contribution is 2.57. The molecule has 9 heteroatoms. The first-order valence-electron chi connectivity index (χ1n) is 19.7. The maximum Gasteiger partial charge on any atom is 0.168 e. The molecule has 0 saturated carbocycles. The van der Waals surface area contributed by atoms with Crippen molar-refractivity contribution in [2.45, 2.75) is 75.9 Å². The first kappa shape index (κ1) is 33.9. The second-order valence-corrected chi connectivity index (χ2v) is 17.3. The van der Waals surface area contributed by atoms with E-state index < -0.39 is 5.79 Å². The van der Waals surface area contributed by atoms with E-state index in [2.05, 4.69) is 90.4 Å². The predicted octanol–water partition coefficient (Wildman–Crippen LogP) is 6.50. The Kier molecular flexibility index (Phi) is 7.63. The van der Waals surface area contributed by atoms with E-state index in [0.717, 1.165) is 43.4 Å². The Morgan fingerprint density at radius 1 is 0.849 bits per heavy atom. The third kappa shape index (κ3) is 4.54. The van der Waals surface area contributed by atoms with E-state index in [0.29, 0.717) is 37.1 Å². The number of Topliss-reactive ketones (excluding diaryl/α,β-unsaturated/α-hetero) is 1. The lowest BCUT2D eigenvalue weighted by molar-refractivity contribution is -0.301. The summed E-state index contributed by atoms with van der Waals surface area (Å²) in [5, 5.41) is 2.74. The zero-order valence-corrected chi connectivity index (χ0v) is 32.5. The fourth-order valence-corrected chi connectivity index (χ4v) is 12.8. The number of fused-ring (bicyclic) bond motifs is 16. The normalized spacial score (nSPS) is 34.9. The first-order chi connectivity index (χ1) is 25.6. The Bertz CT molecular complexity index is 2200. The Morgan fingerprint density at radius 3 is 2.30 bits per heavy atom. The number of nitrogens with zero attached hydrogens (tertiary/aromatic N) is 4. The fourth-order valence-electron chi connectivity index (χ4n) is 12.8. The second-order valence-electron chi connectivity index (χ2n) is 17.3. The summed E-state index contributed by atoms with van der Waals surface area (Å²) in [5.41, 5.74) is 10.5. The lowest BCUT2D eigenvalue weighted by Gasteiger charge is -2.58. The number of methoxy groups -OCH3 is 2. The van der Waals surface area contributed by atoms with Crippen molar-refractivity contribution in [3.8, 4) is 5.75 Å². The minimum atomic E-state index is -0.728. The van der Waals surface area contributed by atoms with E-state index in [9.17, 15) is 4.79 Å². The molecule has 10 rings (SSSR count). The van der Waals surface area contributed by atoms with Crippen molar-refractivity contribution < 1.29 is 23.7 Å². The van der Waals surface area contributed by atoms with Crippen LogP contribution >= 0.6 is 0 Å². The molecular formula is C44H54N4O5. The molecule has 10 unspecified atom stereocenters. The maximum atomic E-state index is 12.8. The van der Waals surface area contributed by atoms with Gasteiger partial charge in [-0.2, -0.15) is 0 Å². The van der Waals surface area contributed by atoms with Crippen molar-refractivity contribution in [1.82, 2.24) is 18.9 Å². The quantitative estimate of drug-likeness (QED) is 0.234. The van der Waals surface area contributed by atoms with Crippen LogP contribution in [0.2, 0.25) is 0 Å². The predicted molar refractivity (Wildman–Crippen MR) is 205 cm³/mol. The van der Waals surface area contributed by atoms with Gasteiger partial charge in [-0.25, -0.2) is 0 Å². The number of aromatic nitrogens is 2. The van der Waals surface area contributed by atoms with Crippen molar-refractivity contribution >= 4 is 27.6 Å². The summed E-state index contributed by atoms with van der Waals surface area (Å²) in [6.07, 6.45) is 6.51. The Morgan fingerprint density at radius 2 is 1.55 bits per heavy atom. The minimum absolute atomic E-state index is 0.127. The largest absolute Gasteiger partial charge is 0.500 e. The van der Waals surface area contributed by atoms with E-state index >= 15 is 0 Å². The van der Waals surface area contributed by atoms with E-state index in [1.165, 1.54) is 49.9 Å². The lowest BCUT2D eigenvalue weighted by Crippen LogP contribution is -2.62. The maximum absolute atomic E-state index is 12.8. The monoisotopic (exact) mass is 718 g/mol. The second kappa shape index (κ2) is 11.9. The molecule has 4 aromatic rings. The topological polar surface area (TPSA) is 70.3 Å². The van der Waals surface area contributed by atoms with Crippen molar-refractivity contribution in [2.75, 3.05) is 41.5 Å². The third-order valence-electron chi connectivity index (χ3n) is 15.5. The highest BCUT2D eigenvalue weighted by Gasteiger charge is 2.57. The van der Waals surface area contributed by atoms with Gasteiger partial charge in [0.1, 0.15) is 5.75 Å². The lowest BCUT2D eigenvalue weighted by atomic mass is 9.62. The van der Waals surface area contributed by atoms with Gasteiger partial charge in [-0.3, -0.25) is 14.6 Å². The van der Waals surface area contributed by atoms with Gasteiger partial charge in [0.25, 0.3) is 0 Å². The van der Waals surface area contributed by atoms with E-state index in [-0.39, 0.29) is 35.6 Å². The van der Waals surface area contributed by atoms with Crippen LogP contribution in [-0.4, -0.2) is 84.1 Å². The molecule has 8 heterocycles. The number of allylic oxidation sites excluding steroid dienone is 1. The van der Waals surface area contributed by atoms with Crippen LogP contribution in [0.15, 0.2) is 48.2 Å². The summed E-state index contributed by atoms with van der Waals surface area (Å²) < 4.78 is 30.5. The summed E-state index contributed by atoms with van der Waals surface area (Å²) in [6.45, 7) is 5.23. The molecule has 0 radical (unpaired) electrons. The van der Waals surface area contributed by atoms with Crippen molar-refractivity contribution in [3.05, 3.63) is 76.3 Å². The van der Waals surface area contributed by atoms with Gasteiger partial charge in [-0.1, -0.05) is 18.2 Å². The molecule has 2 aromatic heterocycles. The van der Waals surface area contributed by atoms with Crippen LogP contribution in [0.5, 0.6) is 5.75 Å². The summed E-state index contributed by atoms with van der Waals surface area (Å²) in [6, 6.07) is 14.6. The molecular weight excluding hydrogens is 665 g/mol. The molecule has 0 aliphatic carbocycles. The van der Waals surface area contributed by atoms with Crippen LogP contribution in [0.3, 0.4) is 0 Å². The van der Waals surface area contributed by atoms with Gasteiger partial charge in [0, 0.05) is 95.4 Å². The van der Waals surface area contributed by atoms with E-state index in [4.69, 9.17) is 18.9 Å². The average molecular weight is 719 g/mol. The number of ketones is 1. The van der Waals surface area contributed by atoms with Crippen LogP contribution in [0, 0.1) is 29.6 Å². The first-order valence-corrected chi connectivity index (χ1v) is 19.7. The van der Waals surface area contributed by atoms with Gasteiger partial charge in [-0.15, -0.1) is 0 Å². The van der Waals surface area contributed by atoms with Crippen molar-refractivity contribution in [2.24, 2.45) is 43.7 Å². The number of ether oxygens (including phenoxy) is 4. The molecule has 6 aliphatic heterocycles. The number of hydrogen-bond donors (Lipinski definition) is 0. The molecule has 2 aromatic carbocycles. The molecule has 4 bridgehead atoms. The van der Waals surface area contributed by atoms with Gasteiger partial charge >= 0.3 is 0 Å². The summed E-state index contributed by atoms with van der Waals surface area (Å²) in [5.74, 6) is 1.78. The summed E-state index contributed by atoms with van der Waals surface area (Å²) in [4.78, 5) is 18.0. The molecule has 0 amide bonds. The molecule has 6 aliphatic rings. The number of hydrogen-bond acceptors (Lipinski definition) is 7. The van der Waals surface area contributed by atoms with Crippen LogP contribution in [0.25, 0.3) is 21.8 Å². The van der Waals surface area contributed by atoms with Gasteiger partial charge in [-0.05, 0) is 101 Å². The smallest absolute Gasteiger partial charge is 0.168 e. The van der Waals surface area contributed by atoms with Gasteiger partial charge in [0.15, 0.2) is 11.6 Å². The third-order valence-corrected chi connectivity index (χ3v) is 15.5. The number of piperidine rings is 2. The number of benzene rings is 2. The molecule has 3 fully saturated rings. The summed E-state index contributed by atoms with van der Waals surface area (Å²) in [7, 11) is 12.8. The van der Waals surface area contributed by atoms with Gasteiger partial charge in [0.05, 0.1) is 38.7 Å². The molecule has 10 atom stereocenters. The van der Waals surface area contributed by atoms with Crippen LogP contribution in [-0.2, 0) is 52.4 Å². The Hall–Kier alpha value is -3.63. The standard InChI is InChI=1S/C44H54N4O5/c1-23(49)30-20-52-21-31-25(30)16-38-43-29(19-37(31)46(38)4)41-28(40(50-7)14-13-35(41)48(43)6)15-33-26-17-39-42-27(24-11-9-10-12-34(24)47(42)5)18-36(45(39)3)32(26)22-53-44(33,2)51-8/h9-14,20,25-26,31-33,36-39H,15-19,21-22H2,1-8H3. The molecule has 280 valence electrons. The zero-order valence-electron chi connectivity index (χ0n) is 32.5. The van der Waals surface area contributed by atoms with Crippen LogP contribution in [0.4, 0.5) is 0 Å². The number of rotatable bonds is 5. The van der Waals surface area contributed by atoms with Crippen molar-refractivity contribution in [3.63, 3.8) is 0 Å². The van der Waals surface area contributed by atoms with Crippen molar-refractivity contribution in [1.29, 1.82) is 0 Å². The average Bonchev–Trinajstić information content (AvgIpc) is 3.59. The van der Waals surface area contributed by atoms with E-state index in [1.54, 1.807) is 13.2 Å². The Labute approximate surface area is 312 Å². The van der Waals surface area contributed by atoms with E-state index in [1.807, 2.05) is 14.2 Å². The van der Waals surface area contributed by atoms with Crippen LogP contribution < -0.4 is 4.74 Å². The molecule has 0 N–H and O–H groups in total. The molecule has 0 spiro atoms. The molecule has 3 saturated heterocycles. The number of aryl methyl sites for hydroxylation is 2. The highest BCUT2D eigenvalue weighted by atomic mass is 16.7. The minimum Gasteiger partial charge on any atom is -0.500 e. The van der Waals surface area contributed by atoms with Gasteiger partial charge in [0.2, 0.25) is 0 Å². The SMILES string of the molecule is COc1ccc2c(c1CC1C3CC4c5c(c6ccccc6n5C)CC(C3COC1(C)OC)N4C)c1c(n2C)C2CC3C(C(C)=O)=COCC3C(C1)N2C. The highest BCUT2D eigenvalue weighted by molar-refractivity contribution is 5.94. The Balaban J connectivity index is 1.09. The number of carbonyl (C=O) groups excluding carboxylic acids is 1. The number of likely N-dealkylation sites (N-methyl/N-ethyl adjacent to an activating group) is 2. The summed E-state index contributed by atoms with van der Waals surface area (Å²) >= 11 is 0. The fraction of sp³-hybridized carbons (Fsp3) is 0.568. The zero-order chi connectivity index (χ0) is 36.7. The van der Waals surface area contributed by atoms with Gasteiger partial charge < -0.3 is 28.1 Å².